The summed E-state index contributed by atoms with van der Waals surface area (Å²) in [7, 11) is 1.56. The van der Waals surface area contributed by atoms with Crippen molar-refractivity contribution in [2.24, 2.45) is 0 Å². The molecule has 3 aliphatic heterocycles. The summed E-state index contributed by atoms with van der Waals surface area (Å²) in [6, 6.07) is 7.25. The molecule has 1 aromatic carbocycles. The molecule has 23 heavy (non-hydrogen) atoms. The Balaban J connectivity index is 1.56. The number of nitrogens with zero attached hydrogens (tertiary/aromatic N) is 2. The van der Waals surface area contributed by atoms with Crippen LogP contribution in [0.5, 0.6) is 5.75 Å². The number of amides is 2. The zero-order valence-corrected chi connectivity index (χ0v) is 13.5. The van der Waals surface area contributed by atoms with Gasteiger partial charge < -0.3 is 19.9 Å². The molecule has 6 heteroatoms. The molecular formula is C17H23N3O3. The number of piperidine rings is 1. The van der Waals surface area contributed by atoms with E-state index in [0.29, 0.717) is 17.4 Å². The van der Waals surface area contributed by atoms with Gasteiger partial charge in [0.05, 0.1) is 13.7 Å². The van der Waals surface area contributed by atoms with Crippen LogP contribution in [0.1, 0.15) is 23.2 Å². The zero-order chi connectivity index (χ0) is 16.2. The molecule has 4 rings (SSSR count). The predicted molar refractivity (Wildman–Crippen MR) is 86.5 cm³/mol. The van der Waals surface area contributed by atoms with Gasteiger partial charge in [-0.2, -0.15) is 0 Å². The largest absolute Gasteiger partial charge is 0.497 e. The fraction of sp³-hybridized carbons (Fsp3) is 0.529. The van der Waals surface area contributed by atoms with Crippen molar-refractivity contribution < 1.29 is 14.3 Å². The fourth-order valence-electron chi connectivity index (χ4n) is 3.34. The second-order valence-corrected chi connectivity index (χ2v) is 6.07. The Hall–Kier alpha value is -2.08. The average molecular weight is 317 g/mol. The molecule has 2 amide bonds. The molecular weight excluding hydrogens is 294 g/mol. The van der Waals surface area contributed by atoms with Crippen molar-refractivity contribution in [2.75, 3.05) is 39.8 Å². The molecule has 1 N–H and O–H groups in total. The van der Waals surface area contributed by atoms with E-state index in [1.807, 2.05) is 4.90 Å². The highest BCUT2D eigenvalue weighted by atomic mass is 16.5. The maximum atomic E-state index is 12.5. The van der Waals surface area contributed by atoms with Crippen LogP contribution in [0.3, 0.4) is 0 Å². The monoisotopic (exact) mass is 317 g/mol. The number of rotatable bonds is 4. The van der Waals surface area contributed by atoms with Crippen molar-refractivity contribution >= 4 is 11.8 Å². The summed E-state index contributed by atoms with van der Waals surface area (Å²) < 4.78 is 5.11. The molecule has 1 aromatic rings. The van der Waals surface area contributed by atoms with E-state index in [2.05, 4.69) is 10.2 Å². The van der Waals surface area contributed by atoms with Gasteiger partial charge in [-0.05, 0) is 31.0 Å². The van der Waals surface area contributed by atoms with Crippen molar-refractivity contribution in [2.45, 2.75) is 18.9 Å². The summed E-state index contributed by atoms with van der Waals surface area (Å²) >= 11 is 0. The highest BCUT2D eigenvalue weighted by Crippen LogP contribution is 2.20. The number of fused-ring (bicyclic) bond motifs is 4. The van der Waals surface area contributed by atoms with Crippen LogP contribution in [0.25, 0.3) is 0 Å². The standard InChI is InChI=1S/C17H23N3O3/c1-23-15-4-2-3-13(11-15)17(22)18-12-16(21)20-10-9-19-7-5-14(20)6-8-19/h2-4,11,14H,5-10,12H2,1H3,(H,18,22). The minimum absolute atomic E-state index is 0.00926. The van der Waals surface area contributed by atoms with Crippen LogP contribution in [-0.2, 0) is 4.79 Å². The van der Waals surface area contributed by atoms with Gasteiger partial charge >= 0.3 is 0 Å². The van der Waals surface area contributed by atoms with Gasteiger partial charge in [0.15, 0.2) is 0 Å². The Morgan fingerprint density at radius 2 is 2.00 bits per heavy atom. The quantitative estimate of drug-likeness (QED) is 0.889. The highest BCUT2D eigenvalue weighted by Gasteiger charge is 2.31. The van der Waals surface area contributed by atoms with Crippen molar-refractivity contribution in [3.8, 4) is 5.75 Å². The summed E-state index contributed by atoms with van der Waals surface area (Å²) in [4.78, 5) is 29.0. The first-order valence-electron chi connectivity index (χ1n) is 8.11. The number of ether oxygens (including phenoxy) is 1. The lowest BCUT2D eigenvalue weighted by Crippen LogP contribution is -2.46. The molecule has 0 atom stereocenters. The third-order valence-electron chi connectivity index (χ3n) is 4.71. The number of hydrogen-bond acceptors (Lipinski definition) is 4. The van der Waals surface area contributed by atoms with Gasteiger partial charge in [0.25, 0.3) is 5.91 Å². The number of benzene rings is 1. The molecule has 3 heterocycles. The van der Waals surface area contributed by atoms with Crippen LogP contribution in [0.15, 0.2) is 24.3 Å². The molecule has 124 valence electrons. The normalized spacial score (nSPS) is 23.3. The Morgan fingerprint density at radius 1 is 1.22 bits per heavy atom. The van der Waals surface area contributed by atoms with E-state index in [-0.39, 0.29) is 18.4 Å². The SMILES string of the molecule is COc1cccc(C(=O)NCC(=O)N2CCN3CCC2CC3)c1. The van der Waals surface area contributed by atoms with E-state index in [9.17, 15) is 9.59 Å². The Morgan fingerprint density at radius 3 is 2.74 bits per heavy atom. The van der Waals surface area contributed by atoms with Crippen LogP contribution in [-0.4, -0.2) is 67.5 Å². The average Bonchev–Trinajstić information content (AvgIpc) is 2.93. The Bertz CT molecular complexity index is 582. The topological polar surface area (TPSA) is 61.9 Å². The molecule has 3 fully saturated rings. The summed E-state index contributed by atoms with van der Waals surface area (Å²) in [5.41, 5.74) is 0.500. The number of carbonyl (C=O) groups is 2. The van der Waals surface area contributed by atoms with Crippen LogP contribution in [0, 0.1) is 0 Å². The first-order valence-corrected chi connectivity index (χ1v) is 8.11. The summed E-state index contributed by atoms with van der Waals surface area (Å²) in [5, 5.41) is 2.73. The molecule has 0 spiro atoms. The Labute approximate surface area is 136 Å². The van der Waals surface area contributed by atoms with Crippen LogP contribution in [0.4, 0.5) is 0 Å². The molecule has 0 aromatic heterocycles. The van der Waals surface area contributed by atoms with Crippen molar-refractivity contribution in [1.82, 2.24) is 15.1 Å². The minimum Gasteiger partial charge on any atom is -0.497 e. The van der Waals surface area contributed by atoms with Gasteiger partial charge in [0, 0.05) is 37.8 Å². The number of nitrogens with one attached hydrogen (secondary N) is 1. The molecule has 3 saturated heterocycles. The minimum atomic E-state index is -0.250. The molecule has 2 bridgehead atoms. The van der Waals surface area contributed by atoms with E-state index in [4.69, 9.17) is 4.74 Å². The lowest BCUT2D eigenvalue weighted by Gasteiger charge is -2.31. The smallest absolute Gasteiger partial charge is 0.251 e. The van der Waals surface area contributed by atoms with Crippen LogP contribution < -0.4 is 10.1 Å². The van der Waals surface area contributed by atoms with Gasteiger partial charge in [-0.3, -0.25) is 9.59 Å². The molecule has 0 saturated carbocycles. The first kappa shape index (κ1) is 15.8. The van der Waals surface area contributed by atoms with E-state index in [1.54, 1.807) is 31.4 Å². The maximum absolute atomic E-state index is 12.5. The van der Waals surface area contributed by atoms with Crippen molar-refractivity contribution in [3.63, 3.8) is 0 Å². The zero-order valence-electron chi connectivity index (χ0n) is 13.5. The molecule has 0 aliphatic carbocycles. The van der Waals surface area contributed by atoms with Gasteiger partial charge in [-0.15, -0.1) is 0 Å². The molecule has 6 nitrogen and oxygen atoms in total. The maximum Gasteiger partial charge on any atom is 0.251 e. The number of methoxy groups -OCH3 is 1. The second kappa shape index (κ2) is 7.00. The first-order chi connectivity index (χ1) is 11.2. The third-order valence-corrected chi connectivity index (χ3v) is 4.71. The number of carbonyl (C=O) groups excluding carboxylic acids is 2. The third kappa shape index (κ3) is 3.64. The summed E-state index contributed by atoms with van der Waals surface area (Å²) in [6.45, 7) is 3.90. The summed E-state index contributed by atoms with van der Waals surface area (Å²) in [5.74, 6) is 0.387. The molecule has 3 aliphatic rings. The second-order valence-electron chi connectivity index (χ2n) is 6.07. The van der Waals surface area contributed by atoms with E-state index in [0.717, 1.165) is 39.0 Å². The lowest BCUT2D eigenvalue weighted by atomic mass is 10.1. The Kier molecular flexibility index (Phi) is 4.81. The van der Waals surface area contributed by atoms with Crippen molar-refractivity contribution in [1.29, 1.82) is 0 Å². The van der Waals surface area contributed by atoms with Gasteiger partial charge in [-0.25, -0.2) is 0 Å². The lowest BCUT2D eigenvalue weighted by molar-refractivity contribution is -0.132. The van der Waals surface area contributed by atoms with Gasteiger partial charge in [0.2, 0.25) is 5.91 Å². The van der Waals surface area contributed by atoms with E-state index >= 15 is 0 Å². The van der Waals surface area contributed by atoms with E-state index < -0.39 is 0 Å². The predicted octanol–water partition coefficient (Wildman–Crippen LogP) is 0.732. The van der Waals surface area contributed by atoms with Crippen LogP contribution in [0.2, 0.25) is 0 Å². The van der Waals surface area contributed by atoms with Crippen molar-refractivity contribution in [3.05, 3.63) is 29.8 Å². The molecule has 0 radical (unpaired) electrons. The fourth-order valence-corrected chi connectivity index (χ4v) is 3.34. The molecule has 0 unspecified atom stereocenters. The van der Waals surface area contributed by atoms with Gasteiger partial charge in [-0.1, -0.05) is 6.07 Å². The van der Waals surface area contributed by atoms with E-state index in [1.165, 1.54) is 0 Å². The van der Waals surface area contributed by atoms with Gasteiger partial charge in [0.1, 0.15) is 5.75 Å². The van der Waals surface area contributed by atoms with Crippen LogP contribution >= 0.6 is 0 Å². The highest BCUT2D eigenvalue weighted by molar-refractivity contribution is 5.96. The number of hydrogen-bond donors (Lipinski definition) is 1. The summed E-state index contributed by atoms with van der Waals surface area (Å²) in [6.07, 6.45) is 2.07.